The Hall–Kier alpha value is -1.81. The maximum atomic E-state index is 9.71. The van der Waals surface area contributed by atoms with Crippen molar-refractivity contribution < 1.29 is 5.11 Å². The van der Waals surface area contributed by atoms with Crippen LogP contribution >= 0.6 is 0 Å². The van der Waals surface area contributed by atoms with Crippen molar-refractivity contribution in [2.75, 3.05) is 5.32 Å². The lowest BCUT2D eigenvalue weighted by molar-refractivity contribution is 0.200. The second-order valence-electron chi connectivity index (χ2n) is 4.53. The first kappa shape index (κ1) is 12.6. The van der Waals surface area contributed by atoms with Gasteiger partial charge in [0.05, 0.1) is 11.8 Å². The molecule has 4 heteroatoms. The number of aromatic nitrogens is 2. The van der Waals surface area contributed by atoms with Crippen LogP contribution in [0.15, 0.2) is 24.3 Å². The van der Waals surface area contributed by atoms with Gasteiger partial charge in [0.25, 0.3) is 0 Å². The number of nitrogens with one attached hydrogen (secondary N) is 2. The van der Waals surface area contributed by atoms with Gasteiger partial charge in [-0.2, -0.15) is 5.10 Å². The molecule has 18 heavy (non-hydrogen) atoms. The number of H-pyrrole nitrogens is 1. The molecule has 3 N–H and O–H groups in total. The van der Waals surface area contributed by atoms with E-state index in [1.165, 1.54) is 5.56 Å². The van der Waals surface area contributed by atoms with Crippen LogP contribution in [-0.4, -0.2) is 15.3 Å². The second-order valence-corrected chi connectivity index (χ2v) is 4.53. The van der Waals surface area contributed by atoms with Crippen LogP contribution in [0.2, 0.25) is 0 Å². The van der Waals surface area contributed by atoms with Crippen LogP contribution in [0, 0.1) is 13.8 Å². The molecule has 0 aliphatic heterocycles. The fourth-order valence-corrected chi connectivity index (χ4v) is 2.04. The Labute approximate surface area is 107 Å². The van der Waals surface area contributed by atoms with Crippen molar-refractivity contribution >= 4 is 5.69 Å². The summed E-state index contributed by atoms with van der Waals surface area (Å²) in [7, 11) is 0. The number of rotatable bonds is 4. The van der Waals surface area contributed by atoms with Crippen molar-refractivity contribution in [3.63, 3.8) is 0 Å². The predicted molar refractivity (Wildman–Crippen MR) is 72.5 cm³/mol. The summed E-state index contributed by atoms with van der Waals surface area (Å²) in [5.41, 5.74) is 5.14. The van der Waals surface area contributed by atoms with E-state index in [-0.39, 0.29) is 0 Å². The average molecular weight is 245 g/mol. The molecule has 0 aliphatic rings. The molecule has 0 fully saturated rings. The zero-order valence-electron chi connectivity index (χ0n) is 11.0. The van der Waals surface area contributed by atoms with Gasteiger partial charge in [-0.3, -0.25) is 5.10 Å². The third-order valence-electron chi connectivity index (χ3n) is 3.15. The zero-order valence-corrected chi connectivity index (χ0v) is 11.0. The molecule has 1 atom stereocenters. The molecule has 0 saturated heterocycles. The highest BCUT2D eigenvalue weighted by Gasteiger charge is 2.09. The number of hydrogen-bond acceptors (Lipinski definition) is 3. The number of hydrogen-bond donors (Lipinski definition) is 3. The van der Waals surface area contributed by atoms with Crippen LogP contribution in [0.25, 0.3) is 0 Å². The van der Waals surface area contributed by atoms with Crippen molar-refractivity contribution in [1.29, 1.82) is 0 Å². The van der Waals surface area contributed by atoms with Gasteiger partial charge in [-0.15, -0.1) is 0 Å². The summed E-state index contributed by atoms with van der Waals surface area (Å²) in [4.78, 5) is 0. The fraction of sp³-hybridized carbons (Fsp3) is 0.357. The minimum Gasteiger partial charge on any atom is -0.389 e. The van der Waals surface area contributed by atoms with E-state index in [1.807, 2.05) is 38.1 Å². The Morgan fingerprint density at radius 1 is 1.33 bits per heavy atom. The van der Waals surface area contributed by atoms with Crippen LogP contribution in [0.5, 0.6) is 0 Å². The number of nitrogens with zero attached hydrogens (tertiary/aromatic N) is 1. The highest BCUT2D eigenvalue weighted by molar-refractivity contribution is 5.52. The molecule has 96 valence electrons. The Bertz CT molecular complexity index is 512. The van der Waals surface area contributed by atoms with Gasteiger partial charge < -0.3 is 10.4 Å². The first-order valence-electron chi connectivity index (χ1n) is 6.11. The zero-order chi connectivity index (χ0) is 13.1. The molecule has 1 aromatic heterocycles. The lowest BCUT2D eigenvalue weighted by Gasteiger charge is -2.14. The van der Waals surface area contributed by atoms with E-state index in [2.05, 4.69) is 15.5 Å². The number of benzene rings is 1. The van der Waals surface area contributed by atoms with Gasteiger partial charge >= 0.3 is 0 Å². The first-order chi connectivity index (χ1) is 8.59. The Morgan fingerprint density at radius 2 is 2.06 bits per heavy atom. The molecule has 0 spiro atoms. The third-order valence-corrected chi connectivity index (χ3v) is 3.15. The topological polar surface area (TPSA) is 60.9 Å². The second kappa shape index (κ2) is 5.23. The first-order valence-corrected chi connectivity index (χ1v) is 6.11. The number of aliphatic hydroxyl groups is 1. The van der Waals surface area contributed by atoms with Gasteiger partial charge in [0.2, 0.25) is 0 Å². The summed E-state index contributed by atoms with van der Waals surface area (Å²) >= 11 is 0. The van der Waals surface area contributed by atoms with Gasteiger partial charge in [-0.05, 0) is 26.8 Å². The van der Waals surface area contributed by atoms with Gasteiger partial charge in [0.15, 0.2) is 0 Å². The van der Waals surface area contributed by atoms with Crippen LogP contribution < -0.4 is 5.32 Å². The summed E-state index contributed by atoms with van der Waals surface area (Å²) in [5, 5.41) is 20.2. The maximum Gasteiger partial charge on any atom is 0.0781 e. The van der Waals surface area contributed by atoms with Crippen LogP contribution in [-0.2, 0) is 6.54 Å². The van der Waals surface area contributed by atoms with E-state index < -0.39 is 6.10 Å². The number of para-hydroxylation sites is 1. The van der Waals surface area contributed by atoms with Crippen molar-refractivity contribution in [2.45, 2.75) is 33.4 Å². The predicted octanol–water partition coefficient (Wildman–Crippen LogP) is 2.69. The molecule has 1 unspecified atom stereocenters. The Morgan fingerprint density at radius 3 is 2.67 bits per heavy atom. The summed E-state index contributed by atoms with van der Waals surface area (Å²) in [6.07, 6.45) is -0.472. The molecule has 2 rings (SSSR count). The van der Waals surface area contributed by atoms with Crippen molar-refractivity contribution in [3.8, 4) is 0 Å². The lowest BCUT2D eigenvalue weighted by atomic mass is 10.1. The maximum absolute atomic E-state index is 9.71. The summed E-state index contributed by atoms with van der Waals surface area (Å²) < 4.78 is 0. The van der Waals surface area contributed by atoms with Crippen molar-refractivity contribution in [1.82, 2.24) is 10.2 Å². The summed E-state index contributed by atoms with van der Waals surface area (Å²) in [6, 6.07) is 7.81. The number of aryl methyl sites for hydroxylation is 2. The molecule has 4 nitrogen and oxygen atoms in total. The van der Waals surface area contributed by atoms with Gasteiger partial charge in [0, 0.05) is 29.1 Å². The molecule has 0 radical (unpaired) electrons. The molecule has 0 amide bonds. The standard InChI is InChI=1S/C14H19N3O/c1-9-13(10(2)17-16-9)8-15-14-7-5-4-6-12(14)11(3)18/h4-7,11,15,18H,8H2,1-3H3,(H,16,17). The monoisotopic (exact) mass is 245 g/mol. The average Bonchev–Trinajstić information content (AvgIpc) is 2.67. The van der Waals surface area contributed by atoms with E-state index in [4.69, 9.17) is 0 Å². The molecule has 0 saturated carbocycles. The minimum atomic E-state index is -0.472. The molecule has 2 aromatic rings. The van der Waals surface area contributed by atoms with Crippen molar-refractivity contribution in [2.24, 2.45) is 0 Å². The van der Waals surface area contributed by atoms with Crippen LogP contribution in [0.3, 0.4) is 0 Å². The normalized spacial score (nSPS) is 12.4. The van der Waals surface area contributed by atoms with Gasteiger partial charge in [-0.1, -0.05) is 18.2 Å². The minimum absolute atomic E-state index is 0.472. The largest absolute Gasteiger partial charge is 0.389 e. The van der Waals surface area contributed by atoms with Gasteiger partial charge in [-0.25, -0.2) is 0 Å². The molecular formula is C14H19N3O. The molecular weight excluding hydrogens is 226 g/mol. The van der Waals surface area contributed by atoms with E-state index in [0.717, 1.165) is 22.6 Å². The molecule has 0 aliphatic carbocycles. The van der Waals surface area contributed by atoms with Crippen LogP contribution in [0.4, 0.5) is 5.69 Å². The summed E-state index contributed by atoms with van der Waals surface area (Å²) in [5.74, 6) is 0. The molecule has 0 bridgehead atoms. The van der Waals surface area contributed by atoms with Crippen LogP contribution in [0.1, 0.15) is 35.5 Å². The number of aliphatic hydroxyl groups excluding tert-OH is 1. The van der Waals surface area contributed by atoms with E-state index in [9.17, 15) is 5.11 Å². The SMILES string of the molecule is Cc1n[nH]c(C)c1CNc1ccccc1C(C)O. The van der Waals surface area contributed by atoms with Gasteiger partial charge in [0.1, 0.15) is 0 Å². The quantitative estimate of drug-likeness (QED) is 0.776. The molecule has 1 aromatic carbocycles. The highest BCUT2D eigenvalue weighted by Crippen LogP contribution is 2.23. The Kier molecular flexibility index (Phi) is 3.67. The molecule has 1 heterocycles. The van der Waals surface area contributed by atoms with E-state index in [1.54, 1.807) is 6.92 Å². The smallest absolute Gasteiger partial charge is 0.0781 e. The van der Waals surface area contributed by atoms with E-state index in [0.29, 0.717) is 6.54 Å². The Balaban J connectivity index is 2.16. The summed E-state index contributed by atoms with van der Waals surface area (Å²) in [6.45, 7) is 6.48. The third kappa shape index (κ3) is 2.54. The highest BCUT2D eigenvalue weighted by atomic mass is 16.3. The van der Waals surface area contributed by atoms with E-state index >= 15 is 0 Å². The lowest BCUT2D eigenvalue weighted by Crippen LogP contribution is -2.05. The van der Waals surface area contributed by atoms with Crippen molar-refractivity contribution in [3.05, 3.63) is 46.8 Å². The number of aromatic amines is 1. The fourth-order valence-electron chi connectivity index (χ4n) is 2.04. The number of anilines is 1.